The van der Waals surface area contributed by atoms with Gasteiger partial charge in [-0.25, -0.2) is 0 Å². The minimum absolute atomic E-state index is 0.0909. The number of rotatable bonds is 9. The van der Waals surface area contributed by atoms with Crippen LogP contribution in [0.1, 0.15) is 88.3 Å². The summed E-state index contributed by atoms with van der Waals surface area (Å²) in [4.78, 5) is 25.2. The van der Waals surface area contributed by atoms with Gasteiger partial charge in [0, 0.05) is 31.5 Å². The van der Waals surface area contributed by atoms with E-state index in [-0.39, 0.29) is 22.9 Å². The van der Waals surface area contributed by atoms with Gasteiger partial charge in [-0.2, -0.15) is 13.2 Å². The van der Waals surface area contributed by atoms with Crippen LogP contribution in [0.4, 0.5) is 13.2 Å². The summed E-state index contributed by atoms with van der Waals surface area (Å²) in [5.74, 6) is -0.268. The van der Waals surface area contributed by atoms with Crippen molar-refractivity contribution in [3.05, 3.63) is 41.1 Å². The van der Waals surface area contributed by atoms with E-state index in [0.717, 1.165) is 31.7 Å². The molecule has 11 heteroatoms. The van der Waals surface area contributed by atoms with E-state index in [9.17, 15) is 27.3 Å². The third-order valence-electron chi connectivity index (χ3n) is 7.49. The van der Waals surface area contributed by atoms with Crippen LogP contribution in [0.3, 0.4) is 0 Å². The Labute approximate surface area is 244 Å². The van der Waals surface area contributed by atoms with Crippen LogP contribution in [-0.4, -0.2) is 40.1 Å². The summed E-state index contributed by atoms with van der Waals surface area (Å²) < 4.78 is 60.3. The number of halogens is 3. The quantitative estimate of drug-likeness (QED) is 0.311. The Morgan fingerprint density at radius 2 is 1.68 bits per heavy atom. The molecule has 0 saturated heterocycles. The highest BCUT2D eigenvalue weighted by molar-refractivity contribution is 7.89. The molecule has 1 aliphatic rings. The molecular weight excluding hydrogens is 553 g/mol. The van der Waals surface area contributed by atoms with Crippen molar-refractivity contribution in [3.63, 3.8) is 0 Å². The van der Waals surface area contributed by atoms with Crippen molar-refractivity contribution in [2.75, 3.05) is 13.6 Å². The first kappa shape index (κ1) is 33.0. The molecule has 0 bridgehead atoms. The molecule has 1 atom stereocenters. The first-order chi connectivity index (χ1) is 18.9. The van der Waals surface area contributed by atoms with Gasteiger partial charge in [0.05, 0.1) is 27.9 Å². The highest BCUT2D eigenvalue weighted by atomic mass is 32.2. The van der Waals surface area contributed by atoms with Crippen molar-refractivity contribution >= 4 is 23.2 Å². The minimum Gasteiger partial charge on any atom is -0.593 e. The third kappa shape index (κ3) is 8.29. The van der Waals surface area contributed by atoms with Gasteiger partial charge in [0.2, 0.25) is 5.91 Å². The van der Waals surface area contributed by atoms with E-state index in [1.54, 1.807) is 47.6 Å². The van der Waals surface area contributed by atoms with Crippen LogP contribution in [0.5, 0.6) is 0 Å². The minimum atomic E-state index is -4.73. The summed E-state index contributed by atoms with van der Waals surface area (Å²) in [7, 11) is 1.53. The van der Waals surface area contributed by atoms with E-state index in [4.69, 9.17) is 0 Å². The first-order valence-corrected chi connectivity index (χ1v) is 15.2. The van der Waals surface area contributed by atoms with Gasteiger partial charge in [-0.3, -0.25) is 9.59 Å². The zero-order valence-electron chi connectivity index (χ0n) is 25.1. The molecule has 1 aliphatic carbocycles. The molecule has 1 fully saturated rings. The van der Waals surface area contributed by atoms with E-state index >= 15 is 0 Å². The maximum atomic E-state index is 14.3. The number of carbonyl (C=O) groups is 2. The lowest BCUT2D eigenvalue weighted by Gasteiger charge is -2.25. The predicted octanol–water partition coefficient (Wildman–Crippen LogP) is 5.98. The van der Waals surface area contributed by atoms with Crippen LogP contribution < -0.4 is 15.4 Å². The molecule has 3 rings (SSSR count). The van der Waals surface area contributed by atoms with Gasteiger partial charge in [-0.15, -0.1) is 4.72 Å². The standard InChI is InChI=1S/C30H43F3N4O3S/c1-19-22(26(38)35-18-29(5,6)27(39)34-7)16-24(37(19)17-20-11-9-8-10-12-20)21-13-14-25(23(15-21)30(31,32)33)41(40)36-28(2,3)4/h13-16,20,36H,8-12,17-18H2,1-7H3,(H,34,39)(H,35,38). The van der Waals surface area contributed by atoms with Gasteiger partial charge < -0.3 is 19.8 Å². The number of nitrogens with one attached hydrogen (secondary N) is 3. The predicted molar refractivity (Wildman–Crippen MR) is 156 cm³/mol. The lowest BCUT2D eigenvalue weighted by atomic mass is 9.89. The molecular formula is C30H43F3N4O3S. The summed E-state index contributed by atoms with van der Waals surface area (Å²) in [6, 6.07) is 5.45. The largest absolute Gasteiger partial charge is 0.593 e. The highest BCUT2D eigenvalue weighted by Gasteiger charge is 2.39. The SMILES string of the molecule is CNC(=O)C(C)(C)CNC(=O)c1cc(-c2ccc([S+]([O-])NC(C)(C)C)c(C(F)(F)F)c2)n(CC2CCCCC2)c1C. The smallest absolute Gasteiger partial charge is 0.421 e. The molecule has 0 radical (unpaired) electrons. The maximum Gasteiger partial charge on any atom is 0.421 e. The lowest BCUT2D eigenvalue weighted by molar-refractivity contribution is -0.139. The van der Waals surface area contributed by atoms with Crippen molar-refractivity contribution in [2.24, 2.45) is 11.3 Å². The Bertz CT molecular complexity index is 1240. The molecule has 41 heavy (non-hydrogen) atoms. The molecule has 2 amide bonds. The van der Waals surface area contributed by atoms with Gasteiger partial charge in [0.15, 0.2) is 4.90 Å². The Hall–Kier alpha value is -2.50. The number of aromatic nitrogens is 1. The van der Waals surface area contributed by atoms with Crippen LogP contribution in [0.15, 0.2) is 29.2 Å². The van der Waals surface area contributed by atoms with Crippen molar-refractivity contribution in [3.8, 4) is 11.3 Å². The average Bonchev–Trinajstić information content (AvgIpc) is 3.21. The second-order valence-electron chi connectivity index (χ2n) is 12.6. The second kappa shape index (κ2) is 12.8. The van der Waals surface area contributed by atoms with Crippen LogP contribution >= 0.6 is 0 Å². The molecule has 1 aromatic carbocycles. The Balaban J connectivity index is 2.07. The van der Waals surface area contributed by atoms with Crippen LogP contribution in [0, 0.1) is 18.3 Å². The fraction of sp³-hybridized carbons (Fsp3) is 0.600. The monoisotopic (exact) mass is 596 g/mol. The van der Waals surface area contributed by atoms with Gasteiger partial charge in [-0.05, 0) is 90.1 Å². The zero-order valence-corrected chi connectivity index (χ0v) is 25.9. The van der Waals surface area contributed by atoms with Gasteiger partial charge in [0.1, 0.15) is 5.56 Å². The van der Waals surface area contributed by atoms with Crippen molar-refractivity contribution in [1.82, 2.24) is 19.9 Å². The maximum absolute atomic E-state index is 14.3. The Morgan fingerprint density at radius 3 is 2.24 bits per heavy atom. The summed E-state index contributed by atoms with van der Waals surface area (Å²) in [5.41, 5.74) is -0.706. The zero-order chi connectivity index (χ0) is 30.8. The number of benzene rings is 1. The van der Waals surface area contributed by atoms with Crippen molar-refractivity contribution in [2.45, 2.75) is 96.8 Å². The molecule has 3 N–H and O–H groups in total. The third-order valence-corrected chi connectivity index (χ3v) is 9.04. The van der Waals surface area contributed by atoms with Gasteiger partial charge in [-0.1, -0.05) is 19.3 Å². The molecule has 7 nitrogen and oxygen atoms in total. The van der Waals surface area contributed by atoms with Crippen LogP contribution in [0.25, 0.3) is 11.3 Å². The molecule has 0 aliphatic heterocycles. The fourth-order valence-electron chi connectivity index (χ4n) is 5.20. The Kier molecular flexibility index (Phi) is 10.3. The molecule has 1 aromatic heterocycles. The number of amides is 2. The first-order valence-electron chi connectivity index (χ1n) is 14.1. The summed E-state index contributed by atoms with van der Waals surface area (Å²) in [5, 5.41) is 5.42. The molecule has 0 spiro atoms. The fourth-order valence-corrected chi connectivity index (χ4v) is 6.43. The molecule has 2 aromatic rings. The molecule has 1 unspecified atom stereocenters. The van der Waals surface area contributed by atoms with E-state index in [2.05, 4.69) is 15.4 Å². The number of alkyl halides is 3. The lowest BCUT2D eigenvalue weighted by Crippen LogP contribution is -2.43. The Morgan fingerprint density at radius 1 is 1.05 bits per heavy atom. The average molecular weight is 597 g/mol. The molecule has 1 heterocycles. The van der Waals surface area contributed by atoms with Gasteiger partial charge >= 0.3 is 6.18 Å². The van der Waals surface area contributed by atoms with Crippen LogP contribution in [0.2, 0.25) is 0 Å². The second-order valence-corrected chi connectivity index (χ2v) is 13.8. The number of hydrogen-bond acceptors (Lipinski definition) is 4. The number of hydrogen-bond donors (Lipinski definition) is 3. The molecule has 228 valence electrons. The highest BCUT2D eigenvalue weighted by Crippen LogP contribution is 2.39. The van der Waals surface area contributed by atoms with E-state index < -0.39 is 40.0 Å². The van der Waals surface area contributed by atoms with Gasteiger partial charge in [0.25, 0.3) is 5.91 Å². The van der Waals surface area contributed by atoms with Crippen molar-refractivity contribution < 1.29 is 27.3 Å². The topological polar surface area (TPSA) is 98.2 Å². The van der Waals surface area contributed by atoms with Crippen LogP contribution in [-0.2, 0) is 28.9 Å². The normalized spacial score (nSPS) is 16.0. The number of carbonyl (C=O) groups excluding carboxylic acids is 2. The summed E-state index contributed by atoms with van der Waals surface area (Å²) >= 11 is -2.08. The van der Waals surface area contributed by atoms with E-state index in [1.165, 1.54) is 25.6 Å². The molecule has 1 saturated carbocycles. The van der Waals surface area contributed by atoms with Crippen molar-refractivity contribution in [1.29, 1.82) is 0 Å². The summed E-state index contributed by atoms with van der Waals surface area (Å²) in [6.07, 6.45) is 0.663. The number of nitrogens with zero attached hydrogens (tertiary/aromatic N) is 1. The van der Waals surface area contributed by atoms with E-state index in [1.807, 2.05) is 4.57 Å². The summed E-state index contributed by atoms with van der Waals surface area (Å²) in [6.45, 7) is 11.1. The van der Waals surface area contributed by atoms with E-state index in [0.29, 0.717) is 29.4 Å².